The molecule has 1 aliphatic carbocycles. The minimum absolute atomic E-state index is 0.106. The largest absolute Gasteiger partial charge is 0.336 e. The van der Waals surface area contributed by atoms with Crippen molar-refractivity contribution in [1.82, 2.24) is 34.2 Å². The van der Waals surface area contributed by atoms with Crippen LogP contribution in [0.1, 0.15) is 48.9 Å². The molecule has 3 fully saturated rings. The van der Waals surface area contributed by atoms with Gasteiger partial charge < -0.3 is 9.80 Å². The van der Waals surface area contributed by atoms with Crippen LogP contribution in [0.3, 0.4) is 0 Å². The van der Waals surface area contributed by atoms with Gasteiger partial charge in [0.1, 0.15) is 0 Å². The number of hydrogen-bond donors (Lipinski definition) is 0. The summed E-state index contributed by atoms with van der Waals surface area (Å²) >= 11 is 0. The van der Waals surface area contributed by atoms with E-state index in [9.17, 15) is 4.79 Å². The standard InChI is InChI=1S/C23H35N7O/c1-17(2)29-13-10-27(14-18-4-5-18)16-20(29)22-25-24-21-7-6-19(15-30(21)22)23(31)28-11-8-26(3)9-12-28/h6-7,15,17-18,20H,4-5,8-14,16H2,1-3H3/t20-/m1/s1. The lowest BCUT2D eigenvalue weighted by Gasteiger charge is -2.42. The molecular weight excluding hydrogens is 390 g/mol. The molecule has 3 aliphatic rings. The third kappa shape index (κ3) is 4.33. The lowest BCUT2D eigenvalue weighted by atomic mass is 10.1. The van der Waals surface area contributed by atoms with E-state index in [1.807, 2.05) is 23.2 Å². The third-order valence-corrected chi connectivity index (χ3v) is 7.15. The van der Waals surface area contributed by atoms with Gasteiger partial charge in [-0.25, -0.2) is 0 Å². The number of carbonyl (C=O) groups excluding carboxylic acids is 1. The molecule has 2 aromatic rings. The average Bonchev–Trinajstić information content (AvgIpc) is 3.48. The molecule has 1 atom stereocenters. The molecule has 0 unspecified atom stereocenters. The first-order valence-corrected chi connectivity index (χ1v) is 11.8. The summed E-state index contributed by atoms with van der Waals surface area (Å²) in [7, 11) is 2.11. The second-order valence-corrected chi connectivity index (χ2v) is 9.85. The number of nitrogens with zero attached hydrogens (tertiary/aromatic N) is 7. The zero-order chi connectivity index (χ0) is 21.5. The van der Waals surface area contributed by atoms with E-state index in [2.05, 4.69) is 50.2 Å². The SMILES string of the molecule is CC(C)N1CCN(CC2CC2)C[C@@H]1c1nnc2ccc(C(=O)N3CCN(C)CC3)cn12. The lowest BCUT2D eigenvalue weighted by Crippen LogP contribution is -2.51. The molecule has 168 valence electrons. The van der Waals surface area contributed by atoms with Crippen LogP contribution in [-0.2, 0) is 0 Å². The number of fused-ring (bicyclic) bond motifs is 1. The molecule has 1 amide bonds. The zero-order valence-electron chi connectivity index (χ0n) is 19.1. The third-order valence-electron chi connectivity index (χ3n) is 7.15. The highest BCUT2D eigenvalue weighted by Crippen LogP contribution is 2.33. The Morgan fingerprint density at radius 1 is 1.06 bits per heavy atom. The Balaban J connectivity index is 1.42. The van der Waals surface area contributed by atoms with Crippen molar-refractivity contribution >= 4 is 11.6 Å². The van der Waals surface area contributed by atoms with Crippen molar-refractivity contribution in [3.05, 3.63) is 29.7 Å². The fourth-order valence-corrected chi connectivity index (χ4v) is 4.99. The number of aromatic nitrogens is 3. The Kier molecular flexibility index (Phi) is 5.71. The monoisotopic (exact) mass is 425 g/mol. The first-order chi connectivity index (χ1) is 15.0. The zero-order valence-corrected chi connectivity index (χ0v) is 19.1. The number of piperazine rings is 2. The van der Waals surface area contributed by atoms with Gasteiger partial charge in [-0.15, -0.1) is 10.2 Å². The van der Waals surface area contributed by atoms with E-state index in [-0.39, 0.29) is 11.9 Å². The van der Waals surface area contributed by atoms with Crippen molar-refractivity contribution in [3.63, 3.8) is 0 Å². The maximum atomic E-state index is 13.1. The molecule has 2 saturated heterocycles. The van der Waals surface area contributed by atoms with Crippen LogP contribution in [0.2, 0.25) is 0 Å². The van der Waals surface area contributed by atoms with Gasteiger partial charge in [0.15, 0.2) is 11.5 Å². The summed E-state index contributed by atoms with van der Waals surface area (Å²) in [6.45, 7) is 12.3. The van der Waals surface area contributed by atoms with Crippen LogP contribution in [0, 0.1) is 5.92 Å². The molecule has 0 spiro atoms. The van der Waals surface area contributed by atoms with Gasteiger partial charge in [0.05, 0.1) is 11.6 Å². The predicted octanol–water partition coefficient (Wildman–Crippen LogP) is 1.59. The van der Waals surface area contributed by atoms with E-state index < -0.39 is 0 Å². The van der Waals surface area contributed by atoms with Gasteiger partial charge in [0.2, 0.25) is 0 Å². The second kappa shape index (κ2) is 8.48. The quantitative estimate of drug-likeness (QED) is 0.725. The molecule has 0 bridgehead atoms. The summed E-state index contributed by atoms with van der Waals surface area (Å²) in [5.41, 5.74) is 1.53. The molecule has 8 heteroatoms. The highest BCUT2D eigenvalue weighted by atomic mass is 16.2. The van der Waals surface area contributed by atoms with Gasteiger partial charge in [-0.3, -0.25) is 19.0 Å². The van der Waals surface area contributed by atoms with Gasteiger partial charge in [-0.05, 0) is 51.8 Å². The second-order valence-electron chi connectivity index (χ2n) is 9.85. The molecule has 0 aromatic carbocycles. The first kappa shape index (κ1) is 20.8. The molecule has 5 rings (SSSR count). The van der Waals surface area contributed by atoms with Crippen LogP contribution in [-0.4, -0.2) is 106 Å². The summed E-state index contributed by atoms with van der Waals surface area (Å²) in [6.07, 6.45) is 4.71. The normalized spacial score (nSPS) is 24.4. The van der Waals surface area contributed by atoms with Crippen LogP contribution < -0.4 is 0 Å². The topological polar surface area (TPSA) is 60.2 Å². The Morgan fingerprint density at radius 2 is 1.84 bits per heavy atom. The van der Waals surface area contributed by atoms with Crippen LogP contribution >= 0.6 is 0 Å². The Bertz CT molecular complexity index is 929. The Morgan fingerprint density at radius 3 is 2.55 bits per heavy atom. The van der Waals surface area contributed by atoms with E-state index in [0.717, 1.165) is 68.8 Å². The van der Waals surface area contributed by atoms with Crippen molar-refractivity contribution in [2.24, 2.45) is 5.92 Å². The van der Waals surface area contributed by atoms with Crippen molar-refractivity contribution < 1.29 is 4.79 Å². The maximum absolute atomic E-state index is 13.1. The molecule has 8 nitrogen and oxygen atoms in total. The number of pyridine rings is 1. The number of carbonyl (C=O) groups is 1. The van der Waals surface area contributed by atoms with Crippen LogP contribution in [0.5, 0.6) is 0 Å². The molecule has 4 heterocycles. The fourth-order valence-electron chi connectivity index (χ4n) is 4.99. The molecule has 1 saturated carbocycles. The summed E-state index contributed by atoms with van der Waals surface area (Å²) in [5, 5.41) is 9.06. The van der Waals surface area contributed by atoms with E-state index >= 15 is 0 Å². The molecule has 2 aliphatic heterocycles. The van der Waals surface area contributed by atoms with Crippen LogP contribution in [0.15, 0.2) is 18.3 Å². The fraction of sp³-hybridized carbons (Fsp3) is 0.696. The summed E-state index contributed by atoms with van der Waals surface area (Å²) < 4.78 is 2.06. The van der Waals surface area contributed by atoms with Crippen molar-refractivity contribution in [2.75, 3.05) is 59.4 Å². The van der Waals surface area contributed by atoms with E-state index in [4.69, 9.17) is 0 Å². The Hall–Kier alpha value is -2.03. The molecule has 31 heavy (non-hydrogen) atoms. The van der Waals surface area contributed by atoms with Crippen LogP contribution in [0.25, 0.3) is 5.65 Å². The van der Waals surface area contributed by atoms with E-state index in [0.29, 0.717) is 6.04 Å². The summed E-state index contributed by atoms with van der Waals surface area (Å²) in [6, 6.07) is 4.46. The van der Waals surface area contributed by atoms with Crippen LogP contribution in [0.4, 0.5) is 0 Å². The van der Waals surface area contributed by atoms with Crippen molar-refractivity contribution in [3.8, 4) is 0 Å². The minimum Gasteiger partial charge on any atom is -0.336 e. The van der Waals surface area contributed by atoms with E-state index in [1.54, 1.807) is 0 Å². The first-order valence-electron chi connectivity index (χ1n) is 11.8. The van der Waals surface area contributed by atoms with Gasteiger partial charge in [0, 0.05) is 64.6 Å². The number of rotatable bonds is 5. The molecule has 2 aromatic heterocycles. The number of likely N-dealkylation sites (N-methyl/N-ethyl adjacent to an activating group) is 1. The van der Waals surface area contributed by atoms with Gasteiger partial charge in [-0.1, -0.05) is 0 Å². The van der Waals surface area contributed by atoms with E-state index in [1.165, 1.54) is 19.4 Å². The lowest BCUT2D eigenvalue weighted by molar-refractivity contribution is 0.0437. The Labute approximate surface area is 184 Å². The predicted molar refractivity (Wildman–Crippen MR) is 120 cm³/mol. The minimum atomic E-state index is 0.106. The summed E-state index contributed by atoms with van der Waals surface area (Å²) in [5.74, 6) is 1.95. The highest BCUT2D eigenvalue weighted by Gasteiger charge is 2.35. The smallest absolute Gasteiger partial charge is 0.255 e. The highest BCUT2D eigenvalue weighted by molar-refractivity contribution is 5.94. The average molecular weight is 426 g/mol. The van der Waals surface area contributed by atoms with Gasteiger partial charge in [0.25, 0.3) is 5.91 Å². The molecular formula is C23H35N7O. The van der Waals surface area contributed by atoms with Crippen molar-refractivity contribution in [2.45, 2.75) is 38.8 Å². The van der Waals surface area contributed by atoms with Crippen molar-refractivity contribution in [1.29, 1.82) is 0 Å². The molecule has 0 radical (unpaired) electrons. The van der Waals surface area contributed by atoms with Gasteiger partial charge >= 0.3 is 0 Å². The maximum Gasteiger partial charge on any atom is 0.255 e. The molecule has 0 N–H and O–H groups in total. The summed E-state index contributed by atoms with van der Waals surface area (Å²) in [4.78, 5) is 22.5. The number of amides is 1. The number of hydrogen-bond acceptors (Lipinski definition) is 6. The van der Waals surface area contributed by atoms with Gasteiger partial charge in [-0.2, -0.15) is 0 Å².